The van der Waals surface area contributed by atoms with E-state index in [-0.39, 0.29) is 24.7 Å². The summed E-state index contributed by atoms with van der Waals surface area (Å²) in [5, 5.41) is 5.14. The Balaban J connectivity index is 1.87. The van der Waals surface area contributed by atoms with Crippen molar-refractivity contribution >= 4 is 23.2 Å². The highest BCUT2D eigenvalue weighted by atomic mass is 19.1. The van der Waals surface area contributed by atoms with E-state index >= 15 is 0 Å². The van der Waals surface area contributed by atoms with Crippen LogP contribution in [-0.4, -0.2) is 38.6 Å². The number of ether oxygens (including phenoxy) is 1. The van der Waals surface area contributed by atoms with Crippen molar-refractivity contribution in [3.05, 3.63) is 54.1 Å². The molecular weight excluding hydrogens is 356 g/mol. The van der Waals surface area contributed by atoms with Gasteiger partial charge in [-0.15, -0.1) is 0 Å². The van der Waals surface area contributed by atoms with Crippen LogP contribution in [-0.2, 0) is 9.59 Å². The smallest absolute Gasteiger partial charge is 0.279 e. The third kappa shape index (κ3) is 6.34. The van der Waals surface area contributed by atoms with Crippen molar-refractivity contribution in [2.45, 2.75) is 6.92 Å². The number of hydrogen-bond acceptors (Lipinski definition) is 3. The summed E-state index contributed by atoms with van der Waals surface area (Å²) in [5.74, 6) is -1.61. The van der Waals surface area contributed by atoms with Gasteiger partial charge in [0, 0.05) is 11.8 Å². The highest BCUT2D eigenvalue weighted by Gasteiger charge is 2.18. The molecule has 1 atom stereocenters. The van der Waals surface area contributed by atoms with E-state index < -0.39 is 17.5 Å². The molecule has 0 saturated carbocycles. The number of halogens is 2. The first-order chi connectivity index (χ1) is 12.9. The van der Waals surface area contributed by atoms with Crippen LogP contribution in [0, 0.1) is 11.6 Å². The summed E-state index contributed by atoms with van der Waals surface area (Å²) in [6.07, 6.45) is 0. The molecule has 0 aliphatic carbocycles. The average Bonchev–Trinajstić information content (AvgIpc) is 2.64. The second-order valence-corrected chi connectivity index (χ2v) is 5.91. The number of methoxy groups -OCH3 is 1. The first-order valence-electron chi connectivity index (χ1n) is 8.43. The lowest BCUT2D eigenvalue weighted by Gasteiger charge is -2.17. The SMILES string of the molecule is CC[NH+](CC(=O)Nc1ccc(OC)cc1)CC(=O)Nc1ccc(F)cc1F. The Morgan fingerprint density at radius 1 is 1.00 bits per heavy atom. The van der Waals surface area contributed by atoms with E-state index in [1.807, 2.05) is 6.92 Å². The molecule has 1 unspecified atom stereocenters. The number of benzene rings is 2. The zero-order chi connectivity index (χ0) is 19.8. The maximum absolute atomic E-state index is 13.6. The second kappa shape index (κ2) is 9.63. The molecule has 0 fully saturated rings. The molecule has 27 heavy (non-hydrogen) atoms. The van der Waals surface area contributed by atoms with E-state index in [1.54, 1.807) is 31.4 Å². The normalized spacial score (nSPS) is 11.6. The Kier molecular flexibility index (Phi) is 7.25. The Labute approximate surface area is 156 Å². The van der Waals surface area contributed by atoms with Crippen LogP contribution in [0.2, 0.25) is 0 Å². The number of hydrogen-bond donors (Lipinski definition) is 3. The molecule has 0 spiro atoms. The molecule has 2 aromatic rings. The van der Waals surface area contributed by atoms with Crippen molar-refractivity contribution in [2.75, 3.05) is 37.4 Å². The molecule has 2 amide bonds. The summed E-state index contributed by atoms with van der Waals surface area (Å²) in [6.45, 7) is 2.41. The fourth-order valence-electron chi connectivity index (χ4n) is 2.43. The van der Waals surface area contributed by atoms with E-state index in [9.17, 15) is 18.4 Å². The number of carbonyl (C=O) groups excluding carboxylic acids is 2. The van der Waals surface area contributed by atoms with Crippen LogP contribution in [0.5, 0.6) is 5.75 Å². The molecule has 0 heterocycles. The fourth-order valence-corrected chi connectivity index (χ4v) is 2.43. The number of nitrogens with one attached hydrogen (secondary N) is 3. The monoisotopic (exact) mass is 378 g/mol. The Morgan fingerprint density at radius 3 is 2.19 bits per heavy atom. The van der Waals surface area contributed by atoms with E-state index in [2.05, 4.69) is 10.6 Å². The van der Waals surface area contributed by atoms with Gasteiger partial charge in [0.2, 0.25) is 0 Å². The molecule has 0 aromatic heterocycles. The van der Waals surface area contributed by atoms with Crippen LogP contribution in [0.1, 0.15) is 6.92 Å². The molecule has 0 bridgehead atoms. The number of anilines is 2. The number of likely N-dealkylation sites (N-methyl/N-ethyl adjacent to an activating group) is 1. The minimum absolute atomic E-state index is 0.0245. The summed E-state index contributed by atoms with van der Waals surface area (Å²) in [7, 11) is 1.55. The Morgan fingerprint density at radius 2 is 1.63 bits per heavy atom. The molecular formula is C19H22F2N3O3+. The fraction of sp³-hybridized carbons (Fsp3) is 0.263. The maximum Gasteiger partial charge on any atom is 0.279 e. The van der Waals surface area contributed by atoms with Crippen LogP contribution in [0.25, 0.3) is 0 Å². The van der Waals surface area contributed by atoms with Crippen LogP contribution < -0.4 is 20.3 Å². The third-order valence-electron chi connectivity index (χ3n) is 3.90. The Hall–Kier alpha value is -3.00. The van der Waals surface area contributed by atoms with Crippen LogP contribution in [0.3, 0.4) is 0 Å². The van der Waals surface area contributed by atoms with Gasteiger partial charge in [-0.2, -0.15) is 0 Å². The molecule has 8 heteroatoms. The van der Waals surface area contributed by atoms with Gasteiger partial charge < -0.3 is 20.3 Å². The van der Waals surface area contributed by atoms with E-state index in [1.165, 1.54) is 0 Å². The highest BCUT2D eigenvalue weighted by molar-refractivity contribution is 5.93. The Bertz CT molecular complexity index is 797. The van der Waals surface area contributed by atoms with Gasteiger partial charge >= 0.3 is 0 Å². The highest BCUT2D eigenvalue weighted by Crippen LogP contribution is 2.15. The van der Waals surface area contributed by atoms with Crippen LogP contribution in [0.15, 0.2) is 42.5 Å². The summed E-state index contributed by atoms with van der Waals surface area (Å²) < 4.78 is 31.6. The van der Waals surface area contributed by atoms with Gasteiger partial charge in [0.25, 0.3) is 11.8 Å². The first kappa shape index (κ1) is 20.3. The van der Waals surface area contributed by atoms with E-state index in [0.29, 0.717) is 28.9 Å². The molecule has 0 aliphatic heterocycles. The van der Waals surface area contributed by atoms with E-state index in [4.69, 9.17) is 4.74 Å². The topological polar surface area (TPSA) is 71.9 Å². The minimum atomic E-state index is -0.848. The minimum Gasteiger partial charge on any atom is -0.497 e. The van der Waals surface area contributed by atoms with Gasteiger partial charge in [-0.25, -0.2) is 8.78 Å². The summed E-state index contributed by atoms with van der Waals surface area (Å²) in [4.78, 5) is 25.0. The number of rotatable bonds is 8. The third-order valence-corrected chi connectivity index (χ3v) is 3.90. The van der Waals surface area contributed by atoms with Gasteiger partial charge in [0.15, 0.2) is 13.1 Å². The molecule has 0 radical (unpaired) electrons. The van der Waals surface area contributed by atoms with Crippen molar-refractivity contribution in [2.24, 2.45) is 0 Å². The quantitative estimate of drug-likeness (QED) is 0.651. The van der Waals surface area contributed by atoms with Crippen molar-refractivity contribution in [1.82, 2.24) is 0 Å². The largest absolute Gasteiger partial charge is 0.497 e. The van der Waals surface area contributed by atoms with Crippen LogP contribution in [0.4, 0.5) is 20.2 Å². The lowest BCUT2D eigenvalue weighted by molar-refractivity contribution is -0.881. The van der Waals surface area contributed by atoms with Gasteiger partial charge in [-0.05, 0) is 43.3 Å². The predicted molar refractivity (Wildman–Crippen MR) is 97.8 cm³/mol. The summed E-state index contributed by atoms with van der Waals surface area (Å²) >= 11 is 0. The van der Waals surface area contributed by atoms with Gasteiger partial charge in [0.05, 0.1) is 19.3 Å². The van der Waals surface area contributed by atoms with Gasteiger partial charge in [-0.3, -0.25) is 9.59 Å². The zero-order valence-corrected chi connectivity index (χ0v) is 15.1. The summed E-state index contributed by atoms with van der Waals surface area (Å²) in [5.41, 5.74) is 0.522. The van der Waals surface area contributed by atoms with E-state index in [0.717, 1.165) is 12.1 Å². The standard InChI is InChI=1S/C19H21F2N3O3/c1-3-24(11-18(25)22-14-5-7-15(27-2)8-6-14)12-19(26)23-17-9-4-13(20)10-16(17)21/h4-10H,3,11-12H2,1-2H3,(H,22,25)(H,23,26)/p+1. The molecule has 144 valence electrons. The lowest BCUT2D eigenvalue weighted by Crippen LogP contribution is -3.13. The predicted octanol–water partition coefficient (Wildman–Crippen LogP) is 1.46. The maximum atomic E-state index is 13.6. The second-order valence-electron chi connectivity index (χ2n) is 5.91. The van der Waals surface area contributed by atoms with Crippen LogP contribution >= 0.6 is 0 Å². The molecule has 2 rings (SSSR count). The lowest BCUT2D eigenvalue weighted by atomic mass is 10.3. The number of amides is 2. The zero-order valence-electron chi connectivity index (χ0n) is 15.1. The van der Waals surface area contributed by atoms with Gasteiger partial charge in [-0.1, -0.05) is 0 Å². The van der Waals surface area contributed by atoms with Crippen molar-refractivity contribution in [1.29, 1.82) is 0 Å². The molecule has 2 aromatic carbocycles. The molecule has 3 N–H and O–H groups in total. The van der Waals surface area contributed by atoms with Crippen molar-refractivity contribution < 1.29 is 28.0 Å². The van der Waals surface area contributed by atoms with Gasteiger partial charge in [0.1, 0.15) is 17.4 Å². The average molecular weight is 378 g/mol. The first-order valence-corrected chi connectivity index (χ1v) is 8.43. The number of quaternary nitrogens is 1. The molecule has 0 aliphatic rings. The summed E-state index contributed by atoms with van der Waals surface area (Å²) in [6, 6.07) is 9.80. The number of carbonyl (C=O) groups is 2. The molecule has 0 saturated heterocycles. The van der Waals surface area contributed by atoms with Crippen molar-refractivity contribution in [3.8, 4) is 5.75 Å². The van der Waals surface area contributed by atoms with Crippen molar-refractivity contribution in [3.63, 3.8) is 0 Å². The molecule has 6 nitrogen and oxygen atoms in total.